The van der Waals surface area contributed by atoms with Crippen LogP contribution in [0.3, 0.4) is 0 Å². The molecule has 0 aromatic carbocycles. The highest BCUT2D eigenvalue weighted by Crippen LogP contribution is 2.34. The zero-order valence-electron chi connectivity index (χ0n) is 11.2. The fourth-order valence-corrected chi connectivity index (χ4v) is 4.12. The van der Waals surface area contributed by atoms with Crippen LogP contribution in [0.15, 0.2) is 0 Å². The number of hydrogen-bond acceptors (Lipinski definition) is 3. The molecular formula is C15H18N2OS. The number of aromatic nitrogens is 1. The van der Waals surface area contributed by atoms with Crippen LogP contribution in [0.25, 0.3) is 0 Å². The first-order valence-corrected chi connectivity index (χ1v) is 7.74. The number of nitrogens with zero attached hydrogens (tertiary/aromatic N) is 2. The van der Waals surface area contributed by atoms with E-state index in [1.165, 1.54) is 23.4 Å². The average Bonchev–Trinajstić information content (AvgIpc) is 3.01. The minimum Gasteiger partial charge on any atom is -0.332 e. The Morgan fingerprint density at radius 3 is 2.95 bits per heavy atom. The predicted octanol–water partition coefficient (Wildman–Crippen LogP) is 2.56. The lowest BCUT2D eigenvalue weighted by Gasteiger charge is -2.22. The van der Waals surface area contributed by atoms with Crippen molar-refractivity contribution in [1.29, 1.82) is 0 Å². The summed E-state index contributed by atoms with van der Waals surface area (Å²) < 4.78 is 0. The molecule has 4 heteroatoms. The normalized spacial score (nSPS) is 24.1. The molecule has 3 nitrogen and oxygen atoms in total. The summed E-state index contributed by atoms with van der Waals surface area (Å²) in [6.07, 6.45) is 10.7. The zero-order valence-corrected chi connectivity index (χ0v) is 12.0. The Morgan fingerprint density at radius 2 is 2.26 bits per heavy atom. The molecule has 0 N–H and O–H groups in total. The van der Waals surface area contributed by atoms with E-state index in [4.69, 9.17) is 11.4 Å². The summed E-state index contributed by atoms with van der Waals surface area (Å²) in [4.78, 5) is 20.1. The molecule has 0 saturated carbocycles. The third kappa shape index (κ3) is 2.28. The van der Waals surface area contributed by atoms with Gasteiger partial charge in [0, 0.05) is 23.8 Å². The lowest BCUT2D eigenvalue weighted by atomic mass is 10.0. The molecule has 1 aliphatic heterocycles. The molecule has 1 fully saturated rings. The quantitative estimate of drug-likeness (QED) is 0.777. The van der Waals surface area contributed by atoms with Crippen molar-refractivity contribution in [3.8, 4) is 12.3 Å². The second-order valence-corrected chi connectivity index (χ2v) is 6.53. The monoisotopic (exact) mass is 274 g/mol. The van der Waals surface area contributed by atoms with Gasteiger partial charge in [-0.05, 0) is 32.6 Å². The van der Waals surface area contributed by atoms with Crippen molar-refractivity contribution in [2.75, 3.05) is 6.54 Å². The number of thiazole rings is 1. The Morgan fingerprint density at radius 1 is 1.47 bits per heavy atom. The van der Waals surface area contributed by atoms with Gasteiger partial charge in [-0.1, -0.05) is 0 Å². The van der Waals surface area contributed by atoms with Gasteiger partial charge in [0.05, 0.1) is 11.7 Å². The van der Waals surface area contributed by atoms with Crippen LogP contribution < -0.4 is 0 Å². The highest BCUT2D eigenvalue weighted by Gasteiger charge is 2.33. The van der Waals surface area contributed by atoms with Crippen LogP contribution in [0.1, 0.15) is 47.8 Å². The van der Waals surface area contributed by atoms with Crippen LogP contribution >= 0.6 is 11.3 Å². The minimum atomic E-state index is 0.0708. The molecular weight excluding hydrogens is 256 g/mol. The van der Waals surface area contributed by atoms with Crippen molar-refractivity contribution in [3.05, 3.63) is 15.6 Å². The number of carbonyl (C=O) groups excluding carboxylic acids is 1. The van der Waals surface area contributed by atoms with Gasteiger partial charge in [-0.2, -0.15) is 0 Å². The van der Waals surface area contributed by atoms with E-state index in [2.05, 4.69) is 12.8 Å². The first-order chi connectivity index (χ1) is 9.19. The average molecular weight is 274 g/mol. The maximum Gasteiger partial charge on any atom is 0.224 e. The van der Waals surface area contributed by atoms with Crippen LogP contribution in [0.4, 0.5) is 0 Å². The molecule has 0 bridgehead atoms. The van der Waals surface area contributed by atoms with E-state index in [-0.39, 0.29) is 17.9 Å². The zero-order chi connectivity index (χ0) is 13.4. The molecule has 1 aromatic heterocycles. The van der Waals surface area contributed by atoms with Crippen molar-refractivity contribution < 1.29 is 4.79 Å². The Kier molecular flexibility index (Phi) is 3.32. The summed E-state index contributed by atoms with van der Waals surface area (Å²) in [5.41, 5.74) is 1.26. The fraction of sp³-hybridized carbons (Fsp3) is 0.600. The SMILES string of the molecule is C#CC1CC(=O)N(C(C)c2nc3c(s2)CCCC3)C1. The Hall–Kier alpha value is -1.34. The van der Waals surface area contributed by atoms with Gasteiger partial charge < -0.3 is 4.90 Å². The molecule has 1 aromatic rings. The number of rotatable bonds is 2. The van der Waals surface area contributed by atoms with E-state index in [0.29, 0.717) is 13.0 Å². The van der Waals surface area contributed by atoms with Crippen LogP contribution in [-0.2, 0) is 17.6 Å². The van der Waals surface area contributed by atoms with Crippen molar-refractivity contribution in [2.45, 2.75) is 45.1 Å². The standard InChI is InChI=1S/C15H18N2OS/c1-3-11-8-14(18)17(9-11)10(2)15-16-12-6-4-5-7-13(12)19-15/h1,10-11H,4-9H2,2H3. The van der Waals surface area contributed by atoms with E-state index >= 15 is 0 Å². The molecule has 2 unspecified atom stereocenters. The lowest BCUT2D eigenvalue weighted by Crippen LogP contribution is -2.28. The summed E-state index contributed by atoms with van der Waals surface area (Å²) in [5, 5.41) is 1.08. The van der Waals surface area contributed by atoms with Gasteiger partial charge in [0.2, 0.25) is 5.91 Å². The van der Waals surface area contributed by atoms with Crippen LogP contribution in [0, 0.1) is 18.3 Å². The summed E-state index contributed by atoms with van der Waals surface area (Å²) in [7, 11) is 0. The van der Waals surface area contributed by atoms with Crippen LogP contribution in [0.2, 0.25) is 0 Å². The number of amides is 1. The van der Waals surface area contributed by atoms with Crippen molar-refractivity contribution in [3.63, 3.8) is 0 Å². The molecule has 2 aliphatic rings. The second-order valence-electron chi connectivity index (χ2n) is 5.42. The van der Waals surface area contributed by atoms with Gasteiger partial charge in [-0.3, -0.25) is 4.79 Å². The summed E-state index contributed by atoms with van der Waals surface area (Å²) in [5.74, 6) is 2.94. The first kappa shape index (κ1) is 12.7. The van der Waals surface area contributed by atoms with Gasteiger partial charge in [0.25, 0.3) is 0 Å². The van der Waals surface area contributed by atoms with Gasteiger partial charge in [-0.25, -0.2) is 4.98 Å². The van der Waals surface area contributed by atoms with Crippen molar-refractivity contribution in [2.24, 2.45) is 5.92 Å². The Bertz CT molecular complexity index is 519. The van der Waals surface area contributed by atoms with Gasteiger partial charge in [0.15, 0.2) is 0 Å². The largest absolute Gasteiger partial charge is 0.332 e. The van der Waals surface area contributed by atoms with E-state index in [1.807, 2.05) is 4.90 Å². The molecule has 100 valence electrons. The number of fused-ring (bicyclic) bond motifs is 1. The molecule has 19 heavy (non-hydrogen) atoms. The van der Waals surface area contributed by atoms with Gasteiger partial charge >= 0.3 is 0 Å². The van der Waals surface area contributed by atoms with E-state index in [9.17, 15) is 4.79 Å². The molecule has 2 heterocycles. The highest BCUT2D eigenvalue weighted by molar-refractivity contribution is 7.11. The molecule has 1 amide bonds. The summed E-state index contributed by atoms with van der Waals surface area (Å²) in [6, 6.07) is 0.0708. The number of carbonyl (C=O) groups is 1. The second kappa shape index (κ2) is 4.97. The van der Waals surface area contributed by atoms with Crippen molar-refractivity contribution in [1.82, 2.24) is 9.88 Å². The van der Waals surface area contributed by atoms with Gasteiger partial charge in [0.1, 0.15) is 5.01 Å². The Labute approximate surface area is 118 Å². The van der Waals surface area contributed by atoms with Crippen molar-refractivity contribution >= 4 is 17.2 Å². The topological polar surface area (TPSA) is 33.2 Å². The van der Waals surface area contributed by atoms with E-state index < -0.39 is 0 Å². The molecule has 3 rings (SSSR count). The number of aryl methyl sites for hydroxylation is 2. The summed E-state index contributed by atoms with van der Waals surface area (Å²) in [6.45, 7) is 2.75. The lowest BCUT2D eigenvalue weighted by molar-refractivity contribution is -0.129. The maximum atomic E-state index is 12.0. The molecule has 1 saturated heterocycles. The summed E-state index contributed by atoms with van der Waals surface area (Å²) >= 11 is 1.78. The van der Waals surface area contributed by atoms with E-state index in [1.54, 1.807) is 11.3 Å². The molecule has 1 aliphatic carbocycles. The minimum absolute atomic E-state index is 0.0708. The third-order valence-electron chi connectivity index (χ3n) is 4.08. The molecule has 0 radical (unpaired) electrons. The van der Waals surface area contributed by atoms with E-state index in [0.717, 1.165) is 17.8 Å². The van der Waals surface area contributed by atoms with Gasteiger partial charge in [-0.15, -0.1) is 23.7 Å². The number of likely N-dealkylation sites (tertiary alicyclic amines) is 1. The Balaban J connectivity index is 1.80. The van der Waals surface area contributed by atoms with Crippen LogP contribution in [-0.4, -0.2) is 22.3 Å². The smallest absolute Gasteiger partial charge is 0.224 e. The third-order valence-corrected chi connectivity index (χ3v) is 5.41. The first-order valence-electron chi connectivity index (χ1n) is 6.93. The fourth-order valence-electron chi connectivity index (χ4n) is 2.90. The van der Waals surface area contributed by atoms with Crippen LogP contribution in [0.5, 0.6) is 0 Å². The number of hydrogen-bond donors (Lipinski definition) is 0. The molecule has 2 atom stereocenters. The number of terminal acetylenes is 1. The predicted molar refractivity (Wildman–Crippen MR) is 75.8 cm³/mol. The molecule has 0 spiro atoms. The highest BCUT2D eigenvalue weighted by atomic mass is 32.1. The maximum absolute atomic E-state index is 12.0.